The number of benzene rings is 1. The Morgan fingerprint density at radius 2 is 2.21 bits per heavy atom. The summed E-state index contributed by atoms with van der Waals surface area (Å²) in [4.78, 5) is 2.57. The number of H-pyrrole nitrogens is 1. The van der Waals surface area contributed by atoms with Gasteiger partial charge in [-0.05, 0) is 44.0 Å². The number of aromatic nitrogens is 2. The van der Waals surface area contributed by atoms with Gasteiger partial charge in [0, 0.05) is 30.2 Å². The summed E-state index contributed by atoms with van der Waals surface area (Å²) in [6, 6.07) is 7.03. The Morgan fingerprint density at radius 1 is 1.37 bits per heavy atom. The minimum absolute atomic E-state index is 0.605. The number of fused-ring (bicyclic) bond motifs is 1. The Morgan fingerprint density at radius 3 is 3.00 bits per heavy atom. The lowest BCUT2D eigenvalue weighted by Gasteiger charge is -2.32. The molecule has 2 heterocycles. The molecule has 3 rings (SSSR count). The van der Waals surface area contributed by atoms with Gasteiger partial charge in [0.25, 0.3) is 0 Å². The van der Waals surface area contributed by atoms with Crippen LogP contribution >= 0.6 is 0 Å². The highest BCUT2D eigenvalue weighted by Crippen LogP contribution is 2.20. The Hall–Kier alpha value is -1.55. The van der Waals surface area contributed by atoms with Crippen LogP contribution in [0.2, 0.25) is 0 Å². The van der Waals surface area contributed by atoms with E-state index in [4.69, 9.17) is 0 Å². The zero-order chi connectivity index (χ0) is 13.1. The fraction of sp³-hybridized carbons (Fsp3) is 0.533. The molecule has 1 fully saturated rings. The molecule has 4 nitrogen and oxygen atoms in total. The van der Waals surface area contributed by atoms with Gasteiger partial charge in [0.1, 0.15) is 0 Å². The third-order valence-corrected chi connectivity index (χ3v) is 3.94. The van der Waals surface area contributed by atoms with Crippen LogP contribution in [0.3, 0.4) is 0 Å². The highest BCUT2D eigenvalue weighted by molar-refractivity contribution is 5.81. The molecule has 2 N–H and O–H groups in total. The van der Waals surface area contributed by atoms with Gasteiger partial charge in [-0.1, -0.05) is 6.92 Å². The smallest absolute Gasteiger partial charge is 0.0670 e. The van der Waals surface area contributed by atoms with Crippen LogP contribution in [0.15, 0.2) is 24.4 Å². The predicted molar refractivity (Wildman–Crippen MR) is 79.5 cm³/mol. The molecule has 0 aliphatic carbocycles. The van der Waals surface area contributed by atoms with E-state index < -0.39 is 0 Å². The van der Waals surface area contributed by atoms with E-state index in [-0.39, 0.29) is 0 Å². The molecule has 1 aliphatic heterocycles. The molecule has 0 amide bonds. The van der Waals surface area contributed by atoms with Crippen LogP contribution in [0.1, 0.15) is 26.2 Å². The van der Waals surface area contributed by atoms with E-state index in [1.807, 2.05) is 6.20 Å². The summed E-state index contributed by atoms with van der Waals surface area (Å²) in [5.74, 6) is 0. The van der Waals surface area contributed by atoms with Crippen LogP contribution in [0.5, 0.6) is 0 Å². The quantitative estimate of drug-likeness (QED) is 0.886. The second kappa shape index (κ2) is 5.61. The highest BCUT2D eigenvalue weighted by atomic mass is 15.1. The van der Waals surface area contributed by atoms with Gasteiger partial charge in [0.15, 0.2) is 0 Å². The lowest BCUT2D eigenvalue weighted by molar-refractivity contribution is 0.219. The van der Waals surface area contributed by atoms with Crippen molar-refractivity contribution in [3.05, 3.63) is 24.4 Å². The molecule has 0 bridgehead atoms. The Bertz CT molecular complexity index is 526. The first-order valence-electron chi connectivity index (χ1n) is 7.27. The molecule has 0 spiro atoms. The number of aromatic amines is 1. The number of hydrogen-bond acceptors (Lipinski definition) is 3. The summed E-state index contributed by atoms with van der Waals surface area (Å²) in [6.07, 6.45) is 5.60. The molecule has 1 aromatic carbocycles. The highest BCUT2D eigenvalue weighted by Gasteiger charge is 2.18. The van der Waals surface area contributed by atoms with E-state index in [0.717, 1.165) is 5.52 Å². The van der Waals surface area contributed by atoms with Crippen LogP contribution in [0.25, 0.3) is 10.9 Å². The summed E-state index contributed by atoms with van der Waals surface area (Å²) < 4.78 is 0. The van der Waals surface area contributed by atoms with Crippen molar-refractivity contribution in [2.45, 2.75) is 32.2 Å². The first kappa shape index (κ1) is 12.5. The van der Waals surface area contributed by atoms with E-state index in [2.05, 4.69) is 45.5 Å². The first-order chi connectivity index (χ1) is 9.35. The number of nitrogens with one attached hydrogen (secondary N) is 2. The minimum atomic E-state index is 0.605. The maximum atomic E-state index is 4.06. The maximum Gasteiger partial charge on any atom is 0.0670 e. The van der Waals surface area contributed by atoms with Crippen LogP contribution in [-0.2, 0) is 0 Å². The first-order valence-corrected chi connectivity index (χ1v) is 7.27. The zero-order valence-electron chi connectivity index (χ0n) is 11.5. The lowest BCUT2D eigenvalue weighted by Crippen LogP contribution is -2.39. The van der Waals surface area contributed by atoms with Gasteiger partial charge in [-0.25, -0.2) is 0 Å². The number of anilines is 1. The van der Waals surface area contributed by atoms with Crippen molar-refractivity contribution < 1.29 is 0 Å². The van der Waals surface area contributed by atoms with Crippen molar-refractivity contribution in [1.29, 1.82) is 0 Å². The molecule has 102 valence electrons. The molecule has 4 heteroatoms. The van der Waals surface area contributed by atoms with Gasteiger partial charge >= 0.3 is 0 Å². The molecule has 1 aromatic heterocycles. The standard InChI is InChI=1S/C15H22N4/c1-2-7-19-8-5-13(6-9-19)17-14-4-3-12-11-16-18-15(12)10-14/h3-4,10-11,13,17H,2,5-9H2,1H3,(H,16,18). The molecular weight excluding hydrogens is 236 g/mol. The maximum absolute atomic E-state index is 4.06. The van der Waals surface area contributed by atoms with E-state index in [0.29, 0.717) is 6.04 Å². The fourth-order valence-electron chi connectivity index (χ4n) is 2.88. The van der Waals surface area contributed by atoms with Gasteiger partial charge in [0.2, 0.25) is 0 Å². The van der Waals surface area contributed by atoms with Crippen LogP contribution < -0.4 is 5.32 Å². The van der Waals surface area contributed by atoms with Crippen molar-refractivity contribution in [1.82, 2.24) is 15.1 Å². The second-order valence-corrected chi connectivity index (χ2v) is 5.43. The summed E-state index contributed by atoms with van der Waals surface area (Å²) >= 11 is 0. The van der Waals surface area contributed by atoms with Gasteiger partial charge in [-0.15, -0.1) is 0 Å². The summed E-state index contributed by atoms with van der Waals surface area (Å²) in [5, 5.41) is 11.9. The molecule has 0 unspecified atom stereocenters. The lowest BCUT2D eigenvalue weighted by atomic mass is 10.0. The van der Waals surface area contributed by atoms with E-state index in [1.54, 1.807) is 0 Å². The van der Waals surface area contributed by atoms with E-state index in [9.17, 15) is 0 Å². The third-order valence-electron chi connectivity index (χ3n) is 3.94. The van der Waals surface area contributed by atoms with Crippen LogP contribution in [-0.4, -0.2) is 40.8 Å². The minimum Gasteiger partial charge on any atom is -0.382 e. The Balaban J connectivity index is 1.59. The normalized spacial score (nSPS) is 17.9. The Labute approximate surface area is 114 Å². The zero-order valence-corrected chi connectivity index (χ0v) is 11.5. The number of piperidine rings is 1. The van der Waals surface area contributed by atoms with Crippen LogP contribution in [0.4, 0.5) is 5.69 Å². The van der Waals surface area contributed by atoms with Crippen molar-refractivity contribution in [2.24, 2.45) is 0 Å². The van der Waals surface area contributed by atoms with Crippen molar-refractivity contribution >= 4 is 16.6 Å². The number of likely N-dealkylation sites (tertiary alicyclic amines) is 1. The Kier molecular flexibility index (Phi) is 3.69. The molecule has 0 radical (unpaired) electrons. The molecule has 0 saturated carbocycles. The van der Waals surface area contributed by atoms with E-state index in [1.165, 1.54) is 50.0 Å². The average molecular weight is 258 g/mol. The number of hydrogen-bond donors (Lipinski definition) is 2. The fourth-order valence-corrected chi connectivity index (χ4v) is 2.88. The molecule has 0 atom stereocenters. The van der Waals surface area contributed by atoms with Crippen molar-refractivity contribution in [2.75, 3.05) is 25.0 Å². The van der Waals surface area contributed by atoms with Crippen LogP contribution in [0, 0.1) is 0 Å². The summed E-state index contributed by atoms with van der Waals surface area (Å²) in [6.45, 7) is 5.94. The molecular formula is C15H22N4. The largest absolute Gasteiger partial charge is 0.382 e. The van der Waals surface area contributed by atoms with Gasteiger partial charge in [-0.3, -0.25) is 5.10 Å². The SMILES string of the molecule is CCCN1CCC(Nc2ccc3cn[nH]c3c2)CC1. The van der Waals surface area contributed by atoms with E-state index >= 15 is 0 Å². The molecule has 1 saturated heterocycles. The summed E-state index contributed by atoms with van der Waals surface area (Å²) in [5.41, 5.74) is 2.30. The monoisotopic (exact) mass is 258 g/mol. The molecule has 2 aromatic rings. The second-order valence-electron chi connectivity index (χ2n) is 5.43. The summed E-state index contributed by atoms with van der Waals surface area (Å²) in [7, 11) is 0. The van der Waals surface area contributed by atoms with Crippen molar-refractivity contribution in [3.63, 3.8) is 0 Å². The predicted octanol–water partition coefficient (Wildman–Crippen LogP) is 2.85. The topological polar surface area (TPSA) is 44.0 Å². The number of nitrogens with zero attached hydrogens (tertiary/aromatic N) is 2. The van der Waals surface area contributed by atoms with Gasteiger partial charge in [0.05, 0.1) is 11.7 Å². The van der Waals surface area contributed by atoms with Crippen molar-refractivity contribution in [3.8, 4) is 0 Å². The van der Waals surface area contributed by atoms with Gasteiger partial charge in [-0.2, -0.15) is 5.10 Å². The molecule has 1 aliphatic rings. The molecule has 19 heavy (non-hydrogen) atoms. The average Bonchev–Trinajstić information content (AvgIpc) is 2.89. The third kappa shape index (κ3) is 2.89. The number of rotatable bonds is 4. The van der Waals surface area contributed by atoms with Gasteiger partial charge < -0.3 is 10.2 Å².